The summed E-state index contributed by atoms with van der Waals surface area (Å²) >= 11 is 0. The van der Waals surface area contributed by atoms with E-state index in [1.165, 1.54) is 0 Å². The number of hydrogen-bond acceptors (Lipinski definition) is 0. The Kier molecular flexibility index (Phi) is 3.97. The van der Waals surface area contributed by atoms with Crippen molar-refractivity contribution in [3.63, 3.8) is 0 Å². The molecule has 0 aliphatic rings. The predicted octanol–water partition coefficient (Wildman–Crippen LogP) is 3.33. The second-order valence-electron chi connectivity index (χ2n) is 2.93. The Balaban J connectivity index is 0.000000980. The SMILES string of the molecule is [CH2-]c1ccccc1-c1[c-]cccc1.[W+2]. The average Bonchev–Trinajstić information content (AvgIpc) is 2.20. The van der Waals surface area contributed by atoms with Crippen LogP contribution in [0.4, 0.5) is 0 Å². The Labute approximate surface area is 99.2 Å². The molecule has 0 heterocycles. The van der Waals surface area contributed by atoms with E-state index in [0.29, 0.717) is 0 Å². The fraction of sp³-hybridized carbons (Fsp3) is 0. The minimum absolute atomic E-state index is 0. The normalized spacial score (nSPS) is 9.14. The third-order valence-electron chi connectivity index (χ3n) is 2.02. The Hall–Kier alpha value is -1.00. The first-order valence-electron chi connectivity index (χ1n) is 4.26. The summed E-state index contributed by atoms with van der Waals surface area (Å²) in [5, 5.41) is 0. The van der Waals surface area contributed by atoms with Gasteiger partial charge in [-0.2, -0.15) is 18.6 Å². The smallest absolute Gasteiger partial charge is 0.195 e. The molecule has 0 bridgehead atoms. The van der Waals surface area contributed by atoms with Gasteiger partial charge in [0.1, 0.15) is 0 Å². The zero-order chi connectivity index (χ0) is 9.10. The second-order valence-corrected chi connectivity index (χ2v) is 2.93. The van der Waals surface area contributed by atoms with Crippen molar-refractivity contribution in [1.82, 2.24) is 0 Å². The zero-order valence-corrected chi connectivity index (χ0v) is 10.7. The van der Waals surface area contributed by atoms with E-state index < -0.39 is 0 Å². The van der Waals surface area contributed by atoms with Gasteiger partial charge in [-0.25, -0.2) is 0 Å². The van der Waals surface area contributed by atoms with Gasteiger partial charge in [0.2, 0.25) is 0 Å². The summed E-state index contributed by atoms with van der Waals surface area (Å²) in [6.45, 7) is 3.98. The molecule has 68 valence electrons. The molecule has 0 aliphatic carbocycles. The van der Waals surface area contributed by atoms with Crippen LogP contribution in [0, 0.1) is 13.0 Å². The van der Waals surface area contributed by atoms with Crippen molar-refractivity contribution in [1.29, 1.82) is 0 Å². The topological polar surface area (TPSA) is 0 Å². The number of rotatable bonds is 1. The van der Waals surface area contributed by atoms with Crippen molar-refractivity contribution in [2.24, 2.45) is 0 Å². The molecule has 0 amide bonds. The van der Waals surface area contributed by atoms with Crippen LogP contribution in [0.5, 0.6) is 0 Å². The molecule has 0 fully saturated rings. The van der Waals surface area contributed by atoms with E-state index >= 15 is 0 Å². The van der Waals surface area contributed by atoms with E-state index in [2.05, 4.69) is 19.1 Å². The summed E-state index contributed by atoms with van der Waals surface area (Å²) in [6.07, 6.45) is 0. The summed E-state index contributed by atoms with van der Waals surface area (Å²) in [5.41, 5.74) is 3.31. The quantitative estimate of drug-likeness (QED) is 0.693. The van der Waals surface area contributed by atoms with Crippen LogP contribution in [-0.2, 0) is 21.1 Å². The van der Waals surface area contributed by atoms with Gasteiger partial charge < -0.3 is 0 Å². The van der Waals surface area contributed by atoms with E-state index in [9.17, 15) is 0 Å². The predicted molar refractivity (Wildman–Crippen MR) is 55.2 cm³/mol. The van der Waals surface area contributed by atoms with Gasteiger partial charge in [-0.3, -0.25) is 0 Å². The molecule has 2 aromatic carbocycles. The molecule has 0 radical (unpaired) electrons. The molecule has 0 atom stereocenters. The van der Waals surface area contributed by atoms with Crippen LogP contribution in [0.25, 0.3) is 11.1 Å². The molecule has 0 saturated heterocycles. The molecular formula is C13H10W. The first-order valence-corrected chi connectivity index (χ1v) is 4.26. The fourth-order valence-electron chi connectivity index (χ4n) is 1.34. The maximum absolute atomic E-state index is 3.98. The van der Waals surface area contributed by atoms with Crippen LogP contribution in [0.1, 0.15) is 5.56 Å². The maximum atomic E-state index is 3.98. The summed E-state index contributed by atoms with van der Waals surface area (Å²) in [4.78, 5) is 0. The molecule has 2 rings (SSSR count). The average molecular weight is 350 g/mol. The summed E-state index contributed by atoms with van der Waals surface area (Å²) in [6, 6.07) is 19.2. The Morgan fingerprint density at radius 2 is 1.64 bits per heavy atom. The molecule has 0 nitrogen and oxygen atoms in total. The minimum atomic E-state index is 0. The van der Waals surface area contributed by atoms with Gasteiger partial charge in [-0.1, -0.05) is 12.1 Å². The molecule has 14 heavy (non-hydrogen) atoms. The van der Waals surface area contributed by atoms with Crippen LogP contribution >= 0.6 is 0 Å². The van der Waals surface area contributed by atoms with Gasteiger partial charge in [0.15, 0.2) is 0 Å². The van der Waals surface area contributed by atoms with Crippen molar-refractivity contribution in [3.8, 4) is 11.1 Å². The van der Waals surface area contributed by atoms with Crippen molar-refractivity contribution in [3.05, 3.63) is 67.1 Å². The first-order chi connectivity index (χ1) is 6.38. The monoisotopic (exact) mass is 350 g/mol. The van der Waals surface area contributed by atoms with Gasteiger partial charge in [0, 0.05) is 0 Å². The summed E-state index contributed by atoms with van der Waals surface area (Å²) < 4.78 is 0. The molecule has 0 unspecified atom stereocenters. The molecule has 0 spiro atoms. The molecule has 0 aliphatic heterocycles. The first kappa shape index (κ1) is 11.1. The zero-order valence-electron chi connectivity index (χ0n) is 7.73. The molecule has 0 N–H and O–H groups in total. The van der Waals surface area contributed by atoms with Gasteiger partial charge in [0.05, 0.1) is 0 Å². The summed E-state index contributed by atoms with van der Waals surface area (Å²) in [7, 11) is 0. The molecular weight excluding hydrogens is 340 g/mol. The molecule has 2 aromatic rings. The second kappa shape index (κ2) is 5.02. The van der Waals surface area contributed by atoms with Gasteiger partial charge in [-0.15, -0.1) is 47.5 Å². The third-order valence-corrected chi connectivity index (χ3v) is 2.02. The van der Waals surface area contributed by atoms with E-state index in [1.54, 1.807) is 0 Å². The van der Waals surface area contributed by atoms with E-state index in [1.807, 2.05) is 42.5 Å². The van der Waals surface area contributed by atoms with Gasteiger partial charge in [0.25, 0.3) is 0 Å². The van der Waals surface area contributed by atoms with Crippen molar-refractivity contribution >= 4 is 0 Å². The van der Waals surface area contributed by atoms with Gasteiger partial charge in [-0.05, 0) is 0 Å². The van der Waals surface area contributed by atoms with E-state index in [-0.39, 0.29) is 21.1 Å². The molecule has 0 saturated carbocycles. The molecule has 0 aromatic heterocycles. The van der Waals surface area contributed by atoms with Crippen molar-refractivity contribution in [2.75, 3.05) is 0 Å². The third kappa shape index (κ3) is 2.27. The fourth-order valence-corrected chi connectivity index (χ4v) is 1.34. The largest absolute Gasteiger partial charge is 2.00 e. The Morgan fingerprint density at radius 1 is 0.929 bits per heavy atom. The van der Waals surface area contributed by atoms with Crippen LogP contribution in [0.2, 0.25) is 0 Å². The van der Waals surface area contributed by atoms with Crippen LogP contribution in [0.3, 0.4) is 0 Å². The van der Waals surface area contributed by atoms with Crippen LogP contribution < -0.4 is 0 Å². The van der Waals surface area contributed by atoms with Crippen molar-refractivity contribution in [2.45, 2.75) is 0 Å². The summed E-state index contributed by atoms with van der Waals surface area (Å²) in [5.74, 6) is 0. The van der Waals surface area contributed by atoms with Crippen molar-refractivity contribution < 1.29 is 21.1 Å². The molecule has 1 heteroatoms. The minimum Gasteiger partial charge on any atom is -0.195 e. The van der Waals surface area contributed by atoms with E-state index in [4.69, 9.17) is 0 Å². The maximum Gasteiger partial charge on any atom is 2.00 e. The van der Waals surface area contributed by atoms with Gasteiger partial charge >= 0.3 is 21.1 Å². The van der Waals surface area contributed by atoms with E-state index in [0.717, 1.165) is 16.7 Å². The van der Waals surface area contributed by atoms with Crippen LogP contribution in [-0.4, -0.2) is 0 Å². The Bertz CT molecular complexity index is 393. The number of benzene rings is 2. The van der Waals surface area contributed by atoms with Crippen LogP contribution in [0.15, 0.2) is 48.5 Å². The standard InChI is InChI=1S/C13H10.W/c1-11-7-5-6-10-13(11)12-8-3-2-4-9-12;/h2-8,10H,1H2;/q-2;+2. The Morgan fingerprint density at radius 3 is 2.29 bits per heavy atom. The number of hydrogen-bond donors (Lipinski definition) is 0.